The van der Waals surface area contributed by atoms with Crippen LogP contribution in [0, 0.1) is 12.7 Å². The van der Waals surface area contributed by atoms with Crippen LogP contribution in [0.25, 0.3) is 15.9 Å². The van der Waals surface area contributed by atoms with E-state index >= 15 is 0 Å². The van der Waals surface area contributed by atoms with Gasteiger partial charge in [-0.3, -0.25) is 9.69 Å². The Hall–Kier alpha value is -3.27. The molecule has 1 unspecified atom stereocenters. The van der Waals surface area contributed by atoms with Crippen molar-refractivity contribution in [2.24, 2.45) is 0 Å². The average molecular weight is 495 g/mol. The molecule has 182 valence electrons. The van der Waals surface area contributed by atoms with E-state index in [1.54, 1.807) is 23.9 Å². The van der Waals surface area contributed by atoms with E-state index in [-0.39, 0.29) is 17.8 Å². The average Bonchev–Trinajstić information content (AvgIpc) is 3.46. The molecule has 1 atom stereocenters. The predicted octanol–water partition coefficient (Wildman–Crippen LogP) is 4.35. The maximum Gasteiger partial charge on any atom is 0.261 e. The van der Waals surface area contributed by atoms with Crippen LogP contribution in [0.3, 0.4) is 0 Å². The number of hydrogen-bond donors (Lipinski definition) is 1. The smallest absolute Gasteiger partial charge is 0.261 e. The van der Waals surface area contributed by atoms with Gasteiger partial charge < -0.3 is 14.8 Å². The van der Waals surface area contributed by atoms with Gasteiger partial charge in [-0.1, -0.05) is 12.1 Å². The minimum atomic E-state index is -0.299. The van der Waals surface area contributed by atoms with Crippen LogP contribution in [-0.4, -0.2) is 60.5 Å². The number of ether oxygens (including phenoxy) is 2. The second kappa shape index (κ2) is 10.2. The number of carbonyl (C=O) groups excluding carboxylic acids is 1. The molecule has 2 aromatic heterocycles. The first-order valence-corrected chi connectivity index (χ1v) is 12.3. The molecule has 0 bridgehead atoms. The molecule has 7 nitrogen and oxygen atoms in total. The van der Waals surface area contributed by atoms with E-state index in [4.69, 9.17) is 9.47 Å². The van der Waals surface area contributed by atoms with Crippen molar-refractivity contribution in [1.29, 1.82) is 0 Å². The van der Waals surface area contributed by atoms with Crippen LogP contribution in [0.1, 0.15) is 27.0 Å². The summed E-state index contributed by atoms with van der Waals surface area (Å²) in [7, 11) is 1.65. The summed E-state index contributed by atoms with van der Waals surface area (Å²) in [6.07, 6.45) is 0. The van der Waals surface area contributed by atoms with Crippen molar-refractivity contribution < 1.29 is 18.7 Å². The summed E-state index contributed by atoms with van der Waals surface area (Å²) in [6, 6.07) is 16.1. The van der Waals surface area contributed by atoms with Crippen molar-refractivity contribution in [1.82, 2.24) is 20.0 Å². The van der Waals surface area contributed by atoms with Crippen molar-refractivity contribution in [2.75, 3.05) is 40.0 Å². The molecule has 5 rings (SSSR count). The van der Waals surface area contributed by atoms with Gasteiger partial charge in [0, 0.05) is 25.0 Å². The lowest BCUT2D eigenvalue weighted by Crippen LogP contribution is -2.43. The lowest BCUT2D eigenvalue weighted by molar-refractivity contribution is 0.0162. The minimum absolute atomic E-state index is 0.0274. The van der Waals surface area contributed by atoms with E-state index < -0.39 is 0 Å². The lowest BCUT2D eigenvalue weighted by atomic mass is 10.0. The third kappa shape index (κ3) is 4.93. The highest BCUT2D eigenvalue weighted by Crippen LogP contribution is 2.31. The van der Waals surface area contributed by atoms with Crippen molar-refractivity contribution in [2.45, 2.75) is 13.0 Å². The first-order chi connectivity index (χ1) is 17.0. The van der Waals surface area contributed by atoms with Gasteiger partial charge in [0.2, 0.25) is 0 Å². The first kappa shape index (κ1) is 23.5. The van der Waals surface area contributed by atoms with E-state index in [2.05, 4.69) is 15.3 Å². The summed E-state index contributed by atoms with van der Waals surface area (Å²) < 4.78 is 26.0. The van der Waals surface area contributed by atoms with E-state index in [0.29, 0.717) is 24.6 Å². The summed E-state index contributed by atoms with van der Waals surface area (Å²) >= 11 is 1.38. The van der Waals surface area contributed by atoms with Crippen LogP contribution >= 0.6 is 11.3 Å². The normalized spacial score (nSPS) is 15.3. The number of methoxy groups -OCH3 is 1. The third-order valence-corrected chi connectivity index (χ3v) is 7.39. The number of rotatable bonds is 7. The minimum Gasteiger partial charge on any atom is -0.497 e. The van der Waals surface area contributed by atoms with Crippen LogP contribution in [0.15, 0.2) is 54.6 Å². The van der Waals surface area contributed by atoms with Gasteiger partial charge in [0.15, 0.2) is 0 Å². The fourth-order valence-electron chi connectivity index (χ4n) is 4.37. The van der Waals surface area contributed by atoms with Gasteiger partial charge in [0.25, 0.3) is 5.91 Å². The Labute approximate surface area is 207 Å². The monoisotopic (exact) mass is 494 g/mol. The zero-order valence-electron chi connectivity index (χ0n) is 19.7. The molecule has 0 aliphatic carbocycles. The molecular formula is C26H27FN4O3S. The quantitative estimate of drug-likeness (QED) is 0.414. The first-order valence-electron chi connectivity index (χ1n) is 11.5. The Morgan fingerprint density at radius 3 is 2.57 bits per heavy atom. The molecule has 0 saturated carbocycles. The summed E-state index contributed by atoms with van der Waals surface area (Å²) in [5.41, 5.74) is 2.70. The summed E-state index contributed by atoms with van der Waals surface area (Å²) in [5, 5.41) is 8.64. The van der Waals surface area contributed by atoms with Gasteiger partial charge in [-0.15, -0.1) is 11.3 Å². The predicted molar refractivity (Wildman–Crippen MR) is 134 cm³/mol. The number of halogens is 1. The highest BCUT2D eigenvalue weighted by atomic mass is 32.1. The number of amides is 1. The zero-order chi connectivity index (χ0) is 24.4. The van der Waals surface area contributed by atoms with Gasteiger partial charge >= 0.3 is 0 Å². The van der Waals surface area contributed by atoms with E-state index in [1.807, 2.05) is 37.3 Å². The SMILES string of the molecule is COc1ccc(C(CNC(=O)c2cc3c(C)nn(-c4ccc(F)cc4)c3s2)N2CCOCC2)cc1. The number of aromatic nitrogens is 2. The Morgan fingerprint density at radius 2 is 1.89 bits per heavy atom. The number of thiophene rings is 1. The second-order valence-corrected chi connectivity index (χ2v) is 9.48. The number of fused-ring (bicyclic) bond motifs is 1. The molecule has 1 aliphatic rings. The molecule has 9 heteroatoms. The number of carbonyl (C=O) groups is 1. The second-order valence-electron chi connectivity index (χ2n) is 8.45. The number of nitrogens with zero attached hydrogens (tertiary/aromatic N) is 3. The maximum absolute atomic E-state index is 13.4. The van der Waals surface area contributed by atoms with Crippen molar-refractivity contribution >= 4 is 27.5 Å². The molecule has 1 saturated heterocycles. The molecule has 1 amide bonds. The Morgan fingerprint density at radius 1 is 1.17 bits per heavy atom. The Balaban J connectivity index is 1.36. The molecule has 2 aromatic carbocycles. The van der Waals surface area contributed by atoms with Crippen LogP contribution in [0.4, 0.5) is 4.39 Å². The Kier molecular flexibility index (Phi) is 6.81. The van der Waals surface area contributed by atoms with E-state index in [1.165, 1.54) is 23.5 Å². The number of aryl methyl sites for hydroxylation is 1. The largest absolute Gasteiger partial charge is 0.497 e. The number of nitrogens with one attached hydrogen (secondary N) is 1. The summed E-state index contributed by atoms with van der Waals surface area (Å²) in [5.74, 6) is 0.379. The van der Waals surface area contributed by atoms with Gasteiger partial charge in [-0.25, -0.2) is 9.07 Å². The molecule has 1 N–H and O–H groups in total. The lowest BCUT2D eigenvalue weighted by Gasteiger charge is -2.35. The topological polar surface area (TPSA) is 68.6 Å². The highest BCUT2D eigenvalue weighted by molar-refractivity contribution is 7.20. The molecule has 0 radical (unpaired) electrons. The molecular weight excluding hydrogens is 467 g/mol. The van der Waals surface area contributed by atoms with Crippen molar-refractivity contribution in [3.8, 4) is 11.4 Å². The Bertz CT molecular complexity index is 1310. The fourth-order valence-corrected chi connectivity index (χ4v) is 5.47. The third-order valence-electron chi connectivity index (χ3n) is 6.28. The standard InChI is InChI=1S/C26H27FN4O3S/c1-17-22-15-24(35-26(22)31(29-17)20-7-5-19(27)6-8-20)25(32)28-16-23(30-11-13-34-14-12-30)18-3-9-21(33-2)10-4-18/h3-10,15,23H,11-14,16H2,1-2H3,(H,28,32). The van der Waals surface area contributed by atoms with Crippen LogP contribution in [0.2, 0.25) is 0 Å². The van der Waals surface area contributed by atoms with Gasteiger partial charge in [-0.2, -0.15) is 5.10 Å². The molecule has 3 heterocycles. The summed E-state index contributed by atoms with van der Waals surface area (Å²) in [6.45, 7) is 5.35. The van der Waals surface area contributed by atoms with Crippen LogP contribution < -0.4 is 10.1 Å². The van der Waals surface area contributed by atoms with Crippen LogP contribution in [-0.2, 0) is 4.74 Å². The van der Waals surface area contributed by atoms with Gasteiger partial charge in [-0.05, 0) is 55.0 Å². The van der Waals surface area contributed by atoms with Gasteiger partial charge in [0.1, 0.15) is 16.4 Å². The van der Waals surface area contributed by atoms with Crippen molar-refractivity contribution in [3.63, 3.8) is 0 Å². The maximum atomic E-state index is 13.4. The summed E-state index contributed by atoms with van der Waals surface area (Å²) in [4.78, 5) is 17.0. The number of hydrogen-bond acceptors (Lipinski definition) is 6. The van der Waals surface area contributed by atoms with E-state index in [9.17, 15) is 9.18 Å². The fraction of sp³-hybridized carbons (Fsp3) is 0.308. The molecule has 1 aliphatic heterocycles. The molecule has 1 fully saturated rings. The van der Waals surface area contributed by atoms with Gasteiger partial charge in [0.05, 0.1) is 42.6 Å². The number of morpholine rings is 1. The molecule has 4 aromatic rings. The van der Waals surface area contributed by atoms with Crippen molar-refractivity contribution in [3.05, 3.63) is 76.5 Å². The number of benzene rings is 2. The zero-order valence-corrected chi connectivity index (χ0v) is 20.5. The molecule has 0 spiro atoms. The van der Waals surface area contributed by atoms with E-state index in [0.717, 1.165) is 46.0 Å². The van der Waals surface area contributed by atoms with Crippen LogP contribution in [0.5, 0.6) is 5.75 Å². The highest BCUT2D eigenvalue weighted by Gasteiger charge is 2.24. The molecule has 35 heavy (non-hydrogen) atoms.